The molecule has 2 N–H and O–H groups in total. The Morgan fingerprint density at radius 1 is 1.11 bits per heavy atom. The summed E-state index contributed by atoms with van der Waals surface area (Å²) in [6, 6.07) is 5.55. The minimum atomic E-state index is -0.227. The number of hydrogen-bond donors (Lipinski definition) is 2. The summed E-state index contributed by atoms with van der Waals surface area (Å²) in [5, 5.41) is 6.00. The maximum Gasteiger partial charge on any atom is 0.319 e. The van der Waals surface area contributed by atoms with Crippen LogP contribution in [0, 0.1) is 11.8 Å². The van der Waals surface area contributed by atoms with Gasteiger partial charge in [0.25, 0.3) is 5.91 Å². The first kappa shape index (κ1) is 26.7. The number of benzene rings is 1. The number of amides is 3. The number of ether oxygens (including phenoxy) is 2. The van der Waals surface area contributed by atoms with Crippen LogP contribution in [0.25, 0.3) is 0 Å². The predicted molar refractivity (Wildman–Crippen MR) is 142 cm³/mol. The van der Waals surface area contributed by atoms with Crippen LogP contribution in [-0.4, -0.2) is 80.3 Å². The first-order valence-electron chi connectivity index (χ1n) is 13.7. The summed E-state index contributed by atoms with van der Waals surface area (Å²) in [6.07, 6.45) is 8.11. The minimum Gasteiger partial charge on any atom is -0.491 e. The largest absolute Gasteiger partial charge is 0.491 e. The summed E-state index contributed by atoms with van der Waals surface area (Å²) in [4.78, 5) is 30.4. The lowest BCUT2D eigenvalue weighted by Crippen LogP contribution is -2.47. The zero-order chi connectivity index (χ0) is 25.7. The Hall–Kier alpha value is -2.32. The highest BCUT2D eigenvalue weighted by Crippen LogP contribution is 2.32. The molecule has 2 fully saturated rings. The molecule has 1 aliphatic heterocycles. The first-order chi connectivity index (χ1) is 17.3. The van der Waals surface area contributed by atoms with Crippen LogP contribution < -0.4 is 15.4 Å². The molecule has 0 spiro atoms. The molecule has 0 aromatic heterocycles. The molecule has 8 heteroatoms. The smallest absolute Gasteiger partial charge is 0.319 e. The molecule has 8 nitrogen and oxygen atoms in total. The highest BCUT2D eigenvalue weighted by molar-refractivity contribution is 5.99. The van der Waals surface area contributed by atoms with Gasteiger partial charge in [0, 0.05) is 51.6 Å². The Kier molecular flexibility index (Phi) is 9.12. The number of nitrogens with one attached hydrogen (secondary N) is 2. The fraction of sp³-hybridized carbons (Fsp3) is 0.714. The van der Waals surface area contributed by atoms with Crippen LogP contribution in [0.3, 0.4) is 0 Å². The first-order valence-corrected chi connectivity index (χ1v) is 13.7. The summed E-state index contributed by atoms with van der Waals surface area (Å²) >= 11 is 0. The van der Waals surface area contributed by atoms with E-state index < -0.39 is 0 Å². The van der Waals surface area contributed by atoms with E-state index in [-0.39, 0.29) is 36.0 Å². The van der Waals surface area contributed by atoms with E-state index in [1.807, 2.05) is 6.07 Å². The van der Waals surface area contributed by atoms with E-state index in [9.17, 15) is 9.59 Å². The third kappa shape index (κ3) is 7.13. The third-order valence-electron chi connectivity index (χ3n) is 7.96. The van der Waals surface area contributed by atoms with E-state index in [0.717, 1.165) is 44.7 Å². The molecule has 3 amide bonds. The lowest BCUT2D eigenvalue weighted by atomic mass is 9.96. The molecule has 0 radical (unpaired) electrons. The maximum atomic E-state index is 13.5. The number of hydrogen-bond acceptors (Lipinski definition) is 5. The molecule has 1 heterocycles. The summed E-state index contributed by atoms with van der Waals surface area (Å²) in [5.74, 6) is 1.45. The second kappa shape index (κ2) is 12.3. The summed E-state index contributed by atoms with van der Waals surface area (Å²) in [5.41, 5.74) is 1.04. The number of methoxy groups -OCH3 is 1. The number of urea groups is 1. The fourth-order valence-electron chi connectivity index (χ4n) is 5.42. The van der Waals surface area contributed by atoms with Gasteiger partial charge in [-0.25, -0.2) is 4.79 Å². The van der Waals surface area contributed by atoms with Gasteiger partial charge < -0.3 is 25.0 Å². The lowest BCUT2D eigenvalue weighted by Gasteiger charge is -2.36. The number of carbonyl (C=O) groups excluding carboxylic acids is 2. The van der Waals surface area contributed by atoms with E-state index in [1.54, 1.807) is 31.2 Å². The van der Waals surface area contributed by atoms with E-state index in [2.05, 4.69) is 29.4 Å². The Labute approximate surface area is 216 Å². The van der Waals surface area contributed by atoms with Crippen LogP contribution in [0.4, 0.5) is 10.5 Å². The number of nitrogens with zero attached hydrogens (tertiary/aromatic N) is 2. The quantitative estimate of drug-likeness (QED) is 0.628. The highest BCUT2D eigenvalue weighted by atomic mass is 16.5. The average molecular weight is 501 g/mol. The van der Waals surface area contributed by atoms with Crippen LogP contribution in [0.5, 0.6) is 5.75 Å². The van der Waals surface area contributed by atoms with Crippen molar-refractivity contribution in [3.05, 3.63) is 23.8 Å². The van der Waals surface area contributed by atoms with E-state index in [1.165, 1.54) is 19.3 Å². The number of rotatable bonds is 5. The third-order valence-corrected chi connectivity index (χ3v) is 7.96. The van der Waals surface area contributed by atoms with Crippen LogP contribution >= 0.6 is 0 Å². The second-order valence-corrected chi connectivity index (χ2v) is 11.1. The van der Waals surface area contributed by atoms with Gasteiger partial charge in [-0.1, -0.05) is 26.2 Å². The van der Waals surface area contributed by atoms with Crippen molar-refractivity contribution >= 4 is 17.6 Å². The monoisotopic (exact) mass is 500 g/mol. The number of fused-ring (bicyclic) bond motifs is 1. The molecule has 1 aromatic carbocycles. The van der Waals surface area contributed by atoms with Crippen molar-refractivity contribution in [2.75, 3.05) is 45.7 Å². The molecule has 2 saturated carbocycles. The molecule has 1 aromatic rings. The van der Waals surface area contributed by atoms with Gasteiger partial charge in [0.15, 0.2) is 0 Å². The zero-order valence-electron chi connectivity index (χ0n) is 22.4. The lowest BCUT2D eigenvalue weighted by molar-refractivity contribution is 0.00994. The molecule has 2 aliphatic carbocycles. The molecule has 0 bridgehead atoms. The van der Waals surface area contributed by atoms with Gasteiger partial charge in [0.05, 0.1) is 11.7 Å². The van der Waals surface area contributed by atoms with Gasteiger partial charge in [-0.05, 0) is 62.6 Å². The predicted octanol–water partition coefficient (Wildman–Crippen LogP) is 4.36. The molecule has 36 heavy (non-hydrogen) atoms. The highest BCUT2D eigenvalue weighted by Gasteiger charge is 2.31. The fourth-order valence-corrected chi connectivity index (χ4v) is 5.42. The number of anilines is 1. The summed E-state index contributed by atoms with van der Waals surface area (Å²) < 4.78 is 12.1. The van der Waals surface area contributed by atoms with Crippen LogP contribution in [0.1, 0.15) is 69.2 Å². The van der Waals surface area contributed by atoms with Crippen LogP contribution in [0.2, 0.25) is 0 Å². The van der Waals surface area contributed by atoms with E-state index in [4.69, 9.17) is 9.47 Å². The molecular weight excluding hydrogens is 456 g/mol. The van der Waals surface area contributed by atoms with Crippen molar-refractivity contribution in [3.8, 4) is 5.75 Å². The molecule has 0 saturated heterocycles. The van der Waals surface area contributed by atoms with Crippen molar-refractivity contribution in [1.82, 2.24) is 15.1 Å². The Morgan fingerprint density at radius 2 is 1.86 bits per heavy atom. The molecular formula is C28H44N4O4. The molecule has 0 unspecified atom stereocenters. The van der Waals surface area contributed by atoms with Gasteiger partial charge in [-0.15, -0.1) is 0 Å². The van der Waals surface area contributed by atoms with E-state index in [0.29, 0.717) is 30.2 Å². The SMILES string of the molecule is CO[C@@H]1CN(C)C(=O)c2cc(NC(=O)NC3CCCCC3)ccc2OC[C@H](C)N(CC2CC2)C[C@@H]1C. The molecule has 3 aliphatic rings. The van der Waals surface area contributed by atoms with Crippen LogP contribution in [-0.2, 0) is 4.74 Å². The summed E-state index contributed by atoms with van der Waals surface area (Å²) in [7, 11) is 3.53. The normalized spacial score (nSPS) is 26.8. The Morgan fingerprint density at radius 3 is 2.56 bits per heavy atom. The van der Waals surface area contributed by atoms with Crippen molar-refractivity contribution in [2.24, 2.45) is 11.8 Å². The zero-order valence-corrected chi connectivity index (χ0v) is 22.4. The van der Waals surface area contributed by atoms with Crippen molar-refractivity contribution < 1.29 is 19.1 Å². The topological polar surface area (TPSA) is 83.1 Å². The van der Waals surface area contributed by atoms with Crippen molar-refractivity contribution in [2.45, 2.75) is 77.0 Å². The number of likely N-dealkylation sites (N-methyl/N-ethyl adjacent to an activating group) is 1. The molecule has 200 valence electrons. The summed E-state index contributed by atoms with van der Waals surface area (Å²) in [6.45, 7) is 7.37. The Balaban J connectivity index is 1.53. The van der Waals surface area contributed by atoms with Gasteiger partial charge in [-0.3, -0.25) is 9.69 Å². The molecule has 3 atom stereocenters. The van der Waals surface area contributed by atoms with E-state index >= 15 is 0 Å². The van der Waals surface area contributed by atoms with Crippen molar-refractivity contribution in [3.63, 3.8) is 0 Å². The Bertz CT molecular complexity index is 900. The van der Waals surface area contributed by atoms with Crippen molar-refractivity contribution in [1.29, 1.82) is 0 Å². The maximum absolute atomic E-state index is 13.5. The standard InChI is InChI=1S/C28H44N4O4/c1-19-15-32(16-21-10-11-21)20(2)18-36-25-13-12-23(30-28(34)29-22-8-6-5-7-9-22)14-24(25)27(33)31(3)17-26(19)35-4/h12-14,19-22,26H,5-11,15-18H2,1-4H3,(H2,29,30,34)/t19-,20-,26+/m0/s1. The van der Waals surface area contributed by atoms with Gasteiger partial charge in [0.1, 0.15) is 12.4 Å². The minimum absolute atomic E-state index is 0.0702. The van der Waals surface area contributed by atoms with Gasteiger partial charge in [0.2, 0.25) is 0 Å². The second-order valence-electron chi connectivity index (χ2n) is 11.1. The average Bonchev–Trinajstić information content (AvgIpc) is 3.69. The van der Waals surface area contributed by atoms with Gasteiger partial charge in [-0.2, -0.15) is 0 Å². The van der Waals surface area contributed by atoms with Gasteiger partial charge >= 0.3 is 6.03 Å². The van der Waals surface area contributed by atoms with Crippen LogP contribution in [0.15, 0.2) is 18.2 Å². The molecule has 4 rings (SSSR count). The number of carbonyl (C=O) groups is 2.